The quantitative estimate of drug-likeness (QED) is 0.775. The van der Waals surface area contributed by atoms with Crippen molar-refractivity contribution in [3.05, 3.63) is 35.9 Å². The summed E-state index contributed by atoms with van der Waals surface area (Å²) in [6, 6.07) is 5.83. The molecule has 3 heteroatoms. The summed E-state index contributed by atoms with van der Waals surface area (Å²) < 4.78 is 10.6. The molecule has 1 aromatic carbocycles. The van der Waals surface area contributed by atoms with Gasteiger partial charge in [0.25, 0.3) is 0 Å². The molecule has 0 aromatic heterocycles. The number of methoxy groups -OCH3 is 2. The smallest absolute Gasteiger partial charge is 0.124 e. The van der Waals surface area contributed by atoms with Crippen LogP contribution in [0.3, 0.4) is 0 Å². The molecule has 1 unspecified atom stereocenters. The third-order valence-corrected chi connectivity index (χ3v) is 2.53. The highest BCUT2D eigenvalue weighted by atomic mass is 16.5. The molecule has 1 N–H and O–H groups in total. The van der Waals surface area contributed by atoms with Gasteiger partial charge in [-0.1, -0.05) is 12.2 Å². The first-order valence-electron chi connectivity index (χ1n) is 5.18. The summed E-state index contributed by atoms with van der Waals surface area (Å²) in [5.41, 5.74) is 2.07. The van der Waals surface area contributed by atoms with Crippen molar-refractivity contribution in [2.45, 2.75) is 13.0 Å². The number of hydrogen-bond donors (Lipinski definition) is 1. The highest BCUT2D eigenvalue weighted by molar-refractivity contribution is 5.44. The number of benzene rings is 1. The van der Waals surface area contributed by atoms with Crippen LogP contribution in [-0.2, 0) is 0 Å². The van der Waals surface area contributed by atoms with Crippen molar-refractivity contribution in [1.29, 1.82) is 0 Å². The van der Waals surface area contributed by atoms with Gasteiger partial charge in [0.05, 0.1) is 20.3 Å². The third kappa shape index (κ3) is 2.55. The second-order valence-corrected chi connectivity index (χ2v) is 3.68. The number of ether oxygens (including phenoxy) is 2. The van der Waals surface area contributed by atoms with Crippen molar-refractivity contribution in [3.8, 4) is 11.5 Å². The molecule has 0 heterocycles. The predicted octanol–water partition coefficient (Wildman–Crippen LogP) is 2.54. The Bertz CT molecular complexity index is 374. The molecule has 0 bridgehead atoms. The van der Waals surface area contributed by atoms with Crippen molar-refractivity contribution in [3.63, 3.8) is 0 Å². The molecule has 0 saturated carbocycles. The zero-order valence-corrected chi connectivity index (χ0v) is 10.3. The van der Waals surface area contributed by atoms with Crippen LogP contribution in [0.15, 0.2) is 30.4 Å². The summed E-state index contributed by atoms with van der Waals surface area (Å²) in [5, 5.41) is 3.21. The Kier molecular flexibility index (Phi) is 4.38. The van der Waals surface area contributed by atoms with Crippen LogP contribution in [-0.4, -0.2) is 21.3 Å². The monoisotopic (exact) mass is 221 g/mol. The Hall–Kier alpha value is -1.48. The summed E-state index contributed by atoms with van der Waals surface area (Å²) in [7, 11) is 5.22. The molecule has 88 valence electrons. The fraction of sp³-hybridized carbons (Fsp3) is 0.385. The van der Waals surface area contributed by atoms with Gasteiger partial charge in [-0.2, -0.15) is 0 Å². The van der Waals surface area contributed by atoms with E-state index in [-0.39, 0.29) is 6.04 Å². The fourth-order valence-corrected chi connectivity index (χ4v) is 1.73. The minimum Gasteiger partial charge on any atom is -0.497 e. The van der Waals surface area contributed by atoms with Crippen molar-refractivity contribution in [1.82, 2.24) is 5.32 Å². The van der Waals surface area contributed by atoms with Gasteiger partial charge in [0, 0.05) is 5.56 Å². The first-order valence-corrected chi connectivity index (χ1v) is 5.18. The maximum Gasteiger partial charge on any atom is 0.124 e. The van der Waals surface area contributed by atoms with E-state index < -0.39 is 0 Å². The van der Waals surface area contributed by atoms with Crippen LogP contribution in [0.25, 0.3) is 0 Å². The van der Waals surface area contributed by atoms with Gasteiger partial charge in [0.15, 0.2) is 0 Å². The lowest BCUT2D eigenvalue weighted by atomic mass is 10.00. The molecule has 0 fully saturated rings. The Morgan fingerprint density at radius 2 is 2.00 bits per heavy atom. The van der Waals surface area contributed by atoms with Crippen molar-refractivity contribution >= 4 is 0 Å². The first kappa shape index (κ1) is 12.6. The summed E-state index contributed by atoms with van der Waals surface area (Å²) in [6.07, 6.45) is 0. The molecule has 1 rings (SSSR count). The minimum atomic E-state index is 0.0741. The van der Waals surface area contributed by atoms with Crippen LogP contribution in [0.2, 0.25) is 0 Å². The van der Waals surface area contributed by atoms with Crippen LogP contribution >= 0.6 is 0 Å². The van der Waals surface area contributed by atoms with Gasteiger partial charge in [-0.15, -0.1) is 0 Å². The van der Waals surface area contributed by atoms with E-state index in [4.69, 9.17) is 9.47 Å². The maximum absolute atomic E-state index is 5.34. The van der Waals surface area contributed by atoms with Crippen LogP contribution in [0.4, 0.5) is 0 Å². The standard InChI is InChI=1S/C13H19NO2/c1-9(2)13(14-3)11-8-10(15-4)6-7-12(11)16-5/h6-8,13-14H,1H2,2-5H3. The molecule has 0 radical (unpaired) electrons. The van der Waals surface area contributed by atoms with Crippen molar-refractivity contribution in [2.24, 2.45) is 0 Å². The van der Waals surface area contributed by atoms with Crippen LogP contribution in [0.5, 0.6) is 11.5 Å². The highest BCUT2D eigenvalue weighted by Crippen LogP contribution is 2.32. The zero-order chi connectivity index (χ0) is 12.1. The van der Waals surface area contributed by atoms with E-state index in [2.05, 4.69) is 11.9 Å². The number of likely N-dealkylation sites (N-methyl/N-ethyl adjacent to an activating group) is 1. The van der Waals surface area contributed by atoms with Gasteiger partial charge >= 0.3 is 0 Å². The highest BCUT2D eigenvalue weighted by Gasteiger charge is 2.15. The second-order valence-electron chi connectivity index (χ2n) is 3.68. The maximum atomic E-state index is 5.34. The van der Waals surface area contributed by atoms with Crippen LogP contribution in [0, 0.1) is 0 Å². The second kappa shape index (κ2) is 5.56. The summed E-state index contributed by atoms with van der Waals surface area (Å²) in [4.78, 5) is 0. The first-order chi connectivity index (χ1) is 7.63. The lowest BCUT2D eigenvalue weighted by Crippen LogP contribution is -2.17. The van der Waals surface area contributed by atoms with E-state index in [0.29, 0.717) is 0 Å². The SMILES string of the molecule is C=C(C)C(NC)c1cc(OC)ccc1OC. The Morgan fingerprint density at radius 3 is 2.44 bits per heavy atom. The molecule has 0 aliphatic carbocycles. The molecule has 16 heavy (non-hydrogen) atoms. The number of hydrogen-bond acceptors (Lipinski definition) is 3. The van der Waals surface area contributed by atoms with Gasteiger partial charge < -0.3 is 14.8 Å². The Morgan fingerprint density at radius 1 is 1.31 bits per heavy atom. The molecule has 3 nitrogen and oxygen atoms in total. The molecule has 0 aliphatic heterocycles. The van der Waals surface area contributed by atoms with Gasteiger partial charge in [0.2, 0.25) is 0 Å². The van der Waals surface area contributed by atoms with E-state index in [1.165, 1.54) is 0 Å². The number of nitrogens with one attached hydrogen (secondary N) is 1. The molecule has 1 atom stereocenters. The van der Waals surface area contributed by atoms with Gasteiger partial charge in [-0.25, -0.2) is 0 Å². The van der Waals surface area contributed by atoms with Crippen LogP contribution in [0.1, 0.15) is 18.5 Å². The van der Waals surface area contributed by atoms with Gasteiger partial charge in [0.1, 0.15) is 11.5 Å². The van der Waals surface area contributed by atoms with E-state index >= 15 is 0 Å². The van der Waals surface area contributed by atoms with E-state index in [1.54, 1.807) is 14.2 Å². The van der Waals surface area contributed by atoms with E-state index in [9.17, 15) is 0 Å². The average molecular weight is 221 g/mol. The Balaban J connectivity index is 3.21. The van der Waals surface area contributed by atoms with E-state index in [0.717, 1.165) is 22.6 Å². The molecule has 1 aromatic rings. The minimum absolute atomic E-state index is 0.0741. The zero-order valence-electron chi connectivity index (χ0n) is 10.3. The third-order valence-electron chi connectivity index (χ3n) is 2.53. The summed E-state index contributed by atoms with van der Waals surface area (Å²) in [5.74, 6) is 1.65. The molecular formula is C13H19NO2. The van der Waals surface area contributed by atoms with Gasteiger partial charge in [-0.05, 0) is 32.2 Å². The predicted molar refractivity (Wildman–Crippen MR) is 66.2 cm³/mol. The number of rotatable bonds is 5. The summed E-state index contributed by atoms with van der Waals surface area (Å²) in [6.45, 7) is 5.96. The Labute approximate surface area is 97.1 Å². The topological polar surface area (TPSA) is 30.5 Å². The van der Waals surface area contributed by atoms with Crippen molar-refractivity contribution < 1.29 is 9.47 Å². The molecule has 0 amide bonds. The van der Waals surface area contributed by atoms with Crippen LogP contribution < -0.4 is 14.8 Å². The van der Waals surface area contributed by atoms with E-state index in [1.807, 2.05) is 32.2 Å². The molecule has 0 aliphatic rings. The molecule has 0 saturated heterocycles. The van der Waals surface area contributed by atoms with Crippen molar-refractivity contribution in [2.75, 3.05) is 21.3 Å². The lowest BCUT2D eigenvalue weighted by Gasteiger charge is -2.20. The lowest BCUT2D eigenvalue weighted by molar-refractivity contribution is 0.394. The van der Waals surface area contributed by atoms with Gasteiger partial charge in [-0.3, -0.25) is 0 Å². The molecule has 0 spiro atoms. The largest absolute Gasteiger partial charge is 0.497 e. The normalized spacial score (nSPS) is 12.0. The summed E-state index contributed by atoms with van der Waals surface area (Å²) >= 11 is 0. The average Bonchev–Trinajstić information content (AvgIpc) is 2.29. The molecular weight excluding hydrogens is 202 g/mol. The fourth-order valence-electron chi connectivity index (χ4n) is 1.73.